The van der Waals surface area contributed by atoms with Gasteiger partial charge < -0.3 is 25.4 Å². The zero-order valence-corrected chi connectivity index (χ0v) is 20.0. The number of ether oxygens (including phenoxy) is 2. The molecular weight excluding hydrogens is 468 g/mol. The molecule has 3 aromatic carbocycles. The van der Waals surface area contributed by atoms with Crippen molar-refractivity contribution in [2.45, 2.75) is 6.92 Å². The van der Waals surface area contributed by atoms with E-state index in [0.717, 1.165) is 5.56 Å². The minimum absolute atomic E-state index is 0.0273. The third-order valence-corrected chi connectivity index (χ3v) is 5.59. The van der Waals surface area contributed by atoms with Gasteiger partial charge in [-0.2, -0.15) is 0 Å². The molecule has 0 atom stereocenters. The Kier molecular flexibility index (Phi) is 7.53. The molecule has 11 heteroatoms. The van der Waals surface area contributed by atoms with Crippen LogP contribution in [-0.4, -0.2) is 44.5 Å². The monoisotopic (exact) mass is 492 g/mol. The lowest BCUT2D eigenvalue weighted by Gasteiger charge is -2.23. The average Bonchev–Trinajstić information content (AvgIpc) is 2.87. The van der Waals surface area contributed by atoms with Crippen LogP contribution in [0.2, 0.25) is 0 Å². The van der Waals surface area contributed by atoms with E-state index in [2.05, 4.69) is 5.32 Å². The number of nitrogens with two attached hydrogens (primary N) is 1. The summed E-state index contributed by atoms with van der Waals surface area (Å²) in [5, 5.41) is 13.8. The zero-order valence-electron chi connectivity index (χ0n) is 20.0. The van der Waals surface area contributed by atoms with Gasteiger partial charge in [0.05, 0.1) is 41.6 Å². The number of amides is 2. The molecule has 0 aliphatic carbocycles. The van der Waals surface area contributed by atoms with E-state index in [9.17, 15) is 24.5 Å². The van der Waals surface area contributed by atoms with Crippen molar-refractivity contribution in [3.05, 3.63) is 75.3 Å². The van der Waals surface area contributed by atoms with Gasteiger partial charge >= 0.3 is 5.97 Å². The minimum Gasteiger partial charge on any atom is -0.494 e. The maximum Gasteiger partial charge on any atom is 0.339 e. The maximum atomic E-state index is 13.6. The van der Waals surface area contributed by atoms with Crippen molar-refractivity contribution in [1.82, 2.24) is 0 Å². The first-order valence-corrected chi connectivity index (χ1v) is 10.6. The number of methoxy groups -OCH3 is 2. The van der Waals surface area contributed by atoms with Crippen molar-refractivity contribution >= 4 is 41.0 Å². The SMILES string of the molecule is COC(=O)c1cc(C)ccc1N(C)C(=O)c1ccc(-c2cccc([N+](=O)[O-])c2N)c(OC)c1NC=O. The summed E-state index contributed by atoms with van der Waals surface area (Å²) in [6, 6.07) is 12.2. The first-order chi connectivity index (χ1) is 17.2. The smallest absolute Gasteiger partial charge is 0.339 e. The van der Waals surface area contributed by atoms with Gasteiger partial charge in [0.2, 0.25) is 6.41 Å². The molecule has 3 rings (SSSR count). The largest absolute Gasteiger partial charge is 0.494 e. The molecule has 0 fully saturated rings. The lowest BCUT2D eigenvalue weighted by molar-refractivity contribution is -0.383. The van der Waals surface area contributed by atoms with E-state index in [1.807, 2.05) is 0 Å². The fraction of sp³-hybridized carbons (Fsp3) is 0.160. The van der Waals surface area contributed by atoms with Crippen molar-refractivity contribution in [3.8, 4) is 16.9 Å². The van der Waals surface area contributed by atoms with Crippen LogP contribution in [0.1, 0.15) is 26.3 Å². The summed E-state index contributed by atoms with van der Waals surface area (Å²) in [5.41, 5.74) is 7.61. The number of benzene rings is 3. The Morgan fingerprint density at radius 2 is 1.81 bits per heavy atom. The van der Waals surface area contributed by atoms with Gasteiger partial charge in [0.1, 0.15) is 5.69 Å². The second-order valence-electron chi connectivity index (χ2n) is 7.70. The number of aryl methyl sites for hydroxylation is 1. The number of carbonyl (C=O) groups is 3. The molecule has 36 heavy (non-hydrogen) atoms. The van der Waals surface area contributed by atoms with Crippen LogP contribution >= 0.6 is 0 Å². The Balaban J connectivity index is 2.19. The molecule has 0 aliphatic heterocycles. The number of nitrogen functional groups attached to an aromatic ring is 1. The Morgan fingerprint density at radius 1 is 1.08 bits per heavy atom. The number of nitrogens with one attached hydrogen (secondary N) is 1. The van der Waals surface area contributed by atoms with Crippen LogP contribution in [-0.2, 0) is 9.53 Å². The molecule has 0 heterocycles. The van der Waals surface area contributed by atoms with Crippen molar-refractivity contribution in [2.75, 3.05) is 37.2 Å². The summed E-state index contributed by atoms with van der Waals surface area (Å²) in [4.78, 5) is 49.4. The number of nitro benzene ring substituents is 1. The van der Waals surface area contributed by atoms with E-state index in [-0.39, 0.29) is 39.5 Å². The van der Waals surface area contributed by atoms with Crippen molar-refractivity contribution in [3.63, 3.8) is 0 Å². The Bertz CT molecular complexity index is 1370. The average molecular weight is 492 g/mol. The molecule has 3 N–H and O–H groups in total. The van der Waals surface area contributed by atoms with Crippen LogP contribution in [0.15, 0.2) is 48.5 Å². The van der Waals surface area contributed by atoms with E-state index in [4.69, 9.17) is 15.2 Å². The number of nitrogens with zero attached hydrogens (tertiary/aromatic N) is 2. The molecule has 0 radical (unpaired) electrons. The quantitative estimate of drug-likeness (QED) is 0.158. The summed E-state index contributed by atoms with van der Waals surface area (Å²) in [5.74, 6) is -1.11. The Labute approximate surface area is 206 Å². The number of para-hydroxylation sites is 1. The van der Waals surface area contributed by atoms with Crippen molar-refractivity contribution in [2.24, 2.45) is 0 Å². The summed E-state index contributed by atoms with van der Waals surface area (Å²) in [6.45, 7) is 1.80. The molecule has 2 amide bonds. The number of nitro groups is 1. The Morgan fingerprint density at radius 3 is 2.42 bits per heavy atom. The molecule has 186 valence electrons. The third kappa shape index (κ3) is 4.67. The molecule has 0 bridgehead atoms. The first-order valence-electron chi connectivity index (χ1n) is 10.6. The molecule has 3 aromatic rings. The maximum absolute atomic E-state index is 13.6. The highest BCUT2D eigenvalue weighted by Gasteiger charge is 2.27. The van der Waals surface area contributed by atoms with Crippen LogP contribution in [0, 0.1) is 17.0 Å². The number of anilines is 3. The van der Waals surface area contributed by atoms with E-state index in [1.54, 1.807) is 31.2 Å². The molecule has 0 spiro atoms. The highest BCUT2D eigenvalue weighted by molar-refractivity contribution is 6.14. The molecule has 0 saturated heterocycles. The number of esters is 1. The molecular formula is C25H24N4O7. The van der Waals surface area contributed by atoms with E-state index >= 15 is 0 Å². The van der Waals surface area contributed by atoms with Gasteiger partial charge in [-0.25, -0.2) is 4.79 Å². The highest BCUT2D eigenvalue weighted by atomic mass is 16.6. The van der Waals surface area contributed by atoms with Crippen molar-refractivity contribution in [1.29, 1.82) is 0 Å². The van der Waals surface area contributed by atoms with Gasteiger partial charge in [0.25, 0.3) is 11.6 Å². The van der Waals surface area contributed by atoms with E-state index < -0.39 is 16.8 Å². The third-order valence-electron chi connectivity index (χ3n) is 5.59. The second-order valence-corrected chi connectivity index (χ2v) is 7.70. The summed E-state index contributed by atoms with van der Waals surface area (Å²) in [7, 11) is 4.05. The fourth-order valence-corrected chi connectivity index (χ4v) is 3.84. The number of rotatable bonds is 8. The minimum atomic E-state index is -0.617. The van der Waals surface area contributed by atoms with Crippen LogP contribution in [0.5, 0.6) is 5.75 Å². The summed E-state index contributed by atoms with van der Waals surface area (Å²) in [6.07, 6.45) is 0.376. The van der Waals surface area contributed by atoms with Crippen LogP contribution in [0.4, 0.5) is 22.7 Å². The number of carbonyl (C=O) groups excluding carboxylic acids is 3. The van der Waals surface area contributed by atoms with Gasteiger partial charge in [-0.15, -0.1) is 0 Å². The summed E-state index contributed by atoms with van der Waals surface area (Å²) >= 11 is 0. The van der Waals surface area contributed by atoms with Crippen LogP contribution < -0.4 is 20.7 Å². The van der Waals surface area contributed by atoms with Gasteiger partial charge in [-0.1, -0.05) is 23.8 Å². The van der Waals surface area contributed by atoms with Crippen LogP contribution in [0.3, 0.4) is 0 Å². The van der Waals surface area contributed by atoms with E-state index in [1.165, 1.54) is 50.4 Å². The Hall–Kier alpha value is -4.93. The van der Waals surface area contributed by atoms with Gasteiger partial charge in [0, 0.05) is 24.2 Å². The number of hydrogen-bond donors (Lipinski definition) is 2. The van der Waals surface area contributed by atoms with Crippen LogP contribution in [0.25, 0.3) is 11.1 Å². The first kappa shape index (κ1) is 25.7. The normalized spacial score (nSPS) is 10.3. The molecule has 0 aliphatic rings. The van der Waals surface area contributed by atoms with E-state index in [0.29, 0.717) is 17.7 Å². The van der Waals surface area contributed by atoms with Gasteiger partial charge in [0.15, 0.2) is 5.75 Å². The van der Waals surface area contributed by atoms with Gasteiger partial charge in [-0.3, -0.25) is 19.7 Å². The zero-order chi connectivity index (χ0) is 26.6. The predicted molar refractivity (Wildman–Crippen MR) is 134 cm³/mol. The second kappa shape index (κ2) is 10.6. The molecule has 0 aromatic heterocycles. The topological polar surface area (TPSA) is 154 Å². The van der Waals surface area contributed by atoms with Gasteiger partial charge in [-0.05, 0) is 31.2 Å². The molecule has 11 nitrogen and oxygen atoms in total. The molecule has 0 saturated carbocycles. The standard InChI is InChI=1S/C25H24N4O7/c1-14-8-11-19(18(12-14)25(32)36-4)28(2)24(31)17-10-9-16(23(35-3)22(17)27-13-30)15-6-5-7-20(21(15)26)29(33)34/h5-13H,26H2,1-4H3,(H,27,30). The highest BCUT2D eigenvalue weighted by Crippen LogP contribution is 2.43. The lowest BCUT2D eigenvalue weighted by Crippen LogP contribution is -2.29. The van der Waals surface area contributed by atoms with Crippen molar-refractivity contribution < 1.29 is 28.8 Å². The predicted octanol–water partition coefficient (Wildman–Crippen LogP) is 3.79. The number of hydrogen-bond acceptors (Lipinski definition) is 8. The fourth-order valence-electron chi connectivity index (χ4n) is 3.84. The summed E-state index contributed by atoms with van der Waals surface area (Å²) < 4.78 is 10.4. The lowest BCUT2D eigenvalue weighted by atomic mass is 9.97. The molecule has 0 unspecified atom stereocenters.